The van der Waals surface area contributed by atoms with Crippen LogP contribution in [0.5, 0.6) is 0 Å². The van der Waals surface area contributed by atoms with Gasteiger partial charge >= 0.3 is 0 Å². The number of ether oxygens (including phenoxy) is 1. The van der Waals surface area contributed by atoms with Gasteiger partial charge in [-0.2, -0.15) is 0 Å². The molecule has 0 unspecified atom stereocenters. The molecule has 5 heteroatoms. The number of amides is 1. The first-order valence-electron chi connectivity index (χ1n) is 6.87. The smallest absolute Gasteiger partial charge is 0.253 e. The van der Waals surface area contributed by atoms with Crippen molar-refractivity contribution in [3.63, 3.8) is 0 Å². The first kappa shape index (κ1) is 14.5. The summed E-state index contributed by atoms with van der Waals surface area (Å²) in [7, 11) is 1.76. The van der Waals surface area contributed by atoms with E-state index in [9.17, 15) is 4.79 Å². The first-order chi connectivity index (χ1) is 9.74. The van der Waals surface area contributed by atoms with Crippen LogP contribution in [0.3, 0.4) is 0 Å². The third kappa shape index (κ3) is 3.57. The van der Waals surface area contributed by atoms with Crippen molar-refractivity contribution in [2.24, 2.45) is 0 Å². The Morgan fingerprint density at radius 3 is 2.85 bits per heavy atom. The summed E-state index contributed by atoms with van der Waals surface area (Å²) in [6, 6.07) is 3.71. The van der Waals surface area contributed by atoms with Gasteiger partial charge in [-0.25, -0.2) is 4.98 Å². The van der Waals surface area contributed by atoms with Crippen LogP contribution in [0, 0.1) is 0 Å². The summed E-state index contributed by atoms with van der Waals surface area (Å²) in [5.74, 6) is 0.793. The van der Waals surface area contributed by atoms with Crippen molar-refractivity contribution in [2.45, 2.75) is 18.9 Å². The number of rotatable bonds is 5. The van der Waals surface area contributed by atoms with Crippen molar-refractivity contribution in [1.82, 2.24) is 10.3 Å². The number of nitrogens with one attached hydrogen (secondary N) is 1. The van der Waals surface area contributed by atoms with Crippen LogP contribution in [0.15, 0.2) is 31.0 Å². The standard InChI is InChI=1S/C15H21N3O2/c1-3-8-16-15(19)12-4-5-14(17-11-12)18-9-6-13(20-2)7-10-18/h3-5,11,13H,1,6-10H2,2H3,(H,16,19). The van der Waals surface area contributed by atoms with E-state index in [1.54, 1.807) is 19.4 Å². The number of piperidine rings is 1. The zero-order valence-corrected chi connectivity index (χ0v) is 11.8. The van der Waals surface area contributed by atoms with Crippen molar-refractivity contribution in [2.75, 3.05) is 31.6 Å². The molecule has 1 aliphatic rings. The maximum atomic E-state index is 11.7. The Morgan fingerprint density at radius 2 is 2.30 bits per heavy atom. The summed E-state index contributed by atoms with van der Waals surface area (Å²) >= 11 is 0. The minimum Gasteiger partial charge on any atom is -0.381 e. The van der Waals surface area contributed by atoms with Crippen LogP contribution in [-0.2, 0) is 4.74 Å². The number of carbonyl (C=O) groups is 1. The van der Waals surface area contributed by atoms with Gasteiger partial charge in [0.1, 0.15) is 5.82 Å². The molecule has 0 radical (unpaired) electrons. The number of methoxy groups -OCH3 is 1. The molecule has 1 fully saturated rings. The fourth-order valence-corrected chi connectivity index (χ4v) is 2.29. The maximum Gasteiger partial charge on any atom is 0.253 e. The summed E-state index contributed by atoms with van der Waals surface area (Å²) in [5.41, 5.74) is 0.572. The minimum atomic E-state index is -0.123. The summed E-state index contributed by atoms with van der Waals surface area (Å²) in [5, 5.41) is 2.73. The molecule has 1 aromatic rings. The number of anilines is 1. The average Bonchev–Trinajstić information content (AvgIpc) is 2.53. The topological polar surface area (TPSA) is 54.5 Å². The van der Waals surface area contributed by atoms with Crippen LogP contribution in [-0.4, -0.2) is 43.7 Å². The lowest BCUT2D eigenvalue weighted by Crippen LogP contribution is -2.37. The Bertz CT molecular complexity index is 451. The highest BCUT2D eigenvalue weighted by atomic mass is 16.5. The molecule has 2 rings (SSSR count). The molecule has 0 aliphatic carbocycles. The Morgan fingerprint density at radius 1 is 1.55 bits per heavy atom. The van der Waals surface area contributed by atoms with Crippen LogP contribution in [0.2, 0.25) is 0 Å². The zero-order valence-electron chi connectivity index (χ0n) is 11.8. The highest BCUT2D eigenvalue weighted by molar-refractivity contribution is 5.94. The van der Waals surface area contributed by atoms with Gasteiger partial charge in [0.2, 0.25) is 0 Å². The quantitative estimate of drug-likeness (QED) is 0.830. The van der Waals surface area contributed by atoms with Gasteiger partial charge in [-0.05, 0) is 25.0 Å². The maximum absolute atomic E-state index is 11.7. The first-order valence-corrected chi connectivity index (χ1v) is 6.87. The van der Waals surface area contributed by atoms with E-state index in [1.807, 2.05) is 12.1 Å². The van der Waals surface area contributed by atoms with Gasteiger partial charge in [0.25, 0.3) is 5.91 Å². The highest BCUT2D eigenvalue weighted by Crippen LogP contribution is 2.19. The lowest BCUT2D eigenvalue weighted by atomic mass is 10.1. The highest BCUT2D eigenvalue weighted by Gasteiger charge is 2.19. The Kier molecular flexibility index (Phi) is 5.12. The van der Waals surface area contributed by atoms with Crippen molar-refractivity contribution >= 4 is 11.7 Å². The average molecular weight is 275 g/mol. The van der Waals surface area contributed by atoms with Crippen LogP contribution in [0.4, 0.5) is 5.82 Å². The van der Waals surface area contributed by atoms with E-state index in [4.69, 9.17) is 4.74 Å². The molecule has 0 saturated carbocycles. The molecular formula is C15H21N3O2. The number of aromatic nitrogens is 1. The van der Waals surface area contributed by atoms with E-state index in [0.717, 1.165) is 31.7 Å². The van der Waals surface area contributed by atoms with E-state index in [2.05, 4.69) is 21.8 Å². The summed E-state index contributed by atoms with van der Waals surface area (Å²) < 4.78 is 5.36. The molecule has 1 amide bonds. The van der Waals surface area contributed by atoms with Gasteiger partial charge in [-0.1, -0.05) is 6.08 Å². The van der Waals surface area contributed by atoms with Gasteiger partial charge in [0.15, 0.2) is 0 Å². The lowest BCUT2D eigenvalue weighted by Gasteiger charge is -2.32. The van der Waals surface area contributed by atoms with E-state index in [-0.39, 0.29) is 5.91 Å². The van der Waals surface area contributed by atoms with Crippen LogP contribution >= 0.6 is 0 Å². The van der Waals surface area contributed by atoms with Gasteiger partial charge in [0, 0.05) is 32.9 Å². The molecule has 2 heterocycles. The molecule has 0 atom stereocenters. The fraction of sp³-hybridized carbons (Fsp3) is 0.467. The predicted molar refractivity (Wildman–Crippen MR) is 79.0 cm³/mol. The fourth-order valence-electron chi connectivity index (χ4n) is 2.29. The predicted octanol–water partition coefficient (Wildman–Crippen LogP) is 1.61. The third-order valence-corrected chi connectivity index (χ3v) is 3.52. The molecule has 20 heavy (non-hydrogen) atoms. The number of nitrogens with zero attached hydrogens (tertiary/aromatic N) is 2. The van der Waals surface area contributed by atoms with Gasteiger partial charge < -0.3 is 15.0 Å². The molecule has 1 aliphatic heterocycles. The van der Waals surface area contributed by atoms with E-state index in [1.165, 1.54) is 0 Å². The number of hydrogen-bond donors (Lipinski definition) is 1. The lowest BCUT2D eigenvalue weighted by molar-refractivity contribution is 0.0818. The Hall–Kier alpha value is -1.88. The summed E-state index contributed by atoms with van der Waals surface area (Å²) in [6.45, 7) is 5.91. The third-order valence-electron chi connectivity index (χ3n) is 3.52. The van der Waals surface area contributed by atoms with Crippen LogP contribution in [0.25, 0.3) is 0 Å². The van der Waals surface area contributed by atoms with Crippen molar-refractivity contribution < 1.29 is 9.53 Å². The molecule has 5 nitrogen and oxygen atoms in total. The molecule has 0 bridgehead atoms. The zero-order chi connectivity index (χ0) is 14.4. The van der Waals surface area contributed by atoms with Crippen molar-refractivity contribution in [1.29, 1.82) is 0 Å². The SMILES string of the molecule is C=CCNC(=O)c1ccc(N2CCC(OC)CC2)nc1. The molecule has 1 saturated heterocycles. The van der Waals surface area contributed by atoms with Gasteiger partial charge in [0.05, 0.1) is 11.7 Å². The Balaban J connectivity index is 1.94. The molecular weight excluding hydrogens is 254 g/mol. The number of carbonyl (C=O) groups excluding carboxylic acids is 1. The van der Waals surface area contributed by atoms with Crippen LogP contribution < -0.4 is 10.2 Å². The molecule has 1 N–H and O–H groups in total. The molecule has 0 spiro atoms. The molecule has 0 aromatic carbocycles. The van der Waals surface area contributed by atoms with E-state index < -0.39 is 0 Å². The monoisotopic (exact) mass is 275 g/mol. The Labute approximate surface area is 119 Å². The number of hydrogen-bond acceptors (Lipinski definition) is 4. The van der Waals surface area contributed by atoms with Crippen molar-refractivity contribution in [3.8, 4) is 0 Å². The molecule has 1 aromatic heterocycles. The summed E-state index contributed by atoms with van der Waals surface area (Å²) in [6.07, 6.45) is 5.66. The van der Waals surface area contributed by atoms with Gasteiger partial charge in [-0.15, -0.1) is 6.58 Å². The number of pyridine rings is 1. The summed E-state index contributed by atoms with van der Waals surface area (Å²) in [4.78, 5) is 18.3. The van der Waals surface area contributed by atoms with Crippen LogP contribution in [0.1, 0.15) is 23.2 Å². The largest absolute Gasteiger partial charge is 0.381 e. The minimum absolute atomic E-state index is 0.123. The molecule has 108 valence electrons. The second-order valence-corrected chi connectivity index (χ2v) is 4.83. The van der Waals surface area contributed by atoms with E-state index >= 15 is 0 Å². The normalized spacial score (nSPS) is 15.9. The van der Waals surface area contributed by atoms with Gasteiger partial charge in [-0.3, -0.25) is 4.79 Å². The second kappa shape index (κ2) is 7.05. The van der Waals surface area contributed by atoms with Crippen molar-refractivity contribution in [3.05, 3.63) is 36.5 Å². The van der Waals surface area contributed by atoms with E-state index in [0.29, 0.717) is 18.2 Å². The second-order valence-electron chi connectivity index (χ2n) is 4.83.